The third-order valence-corrected chi connectivity index (χ3v) is 5.69. The first-order chi connectivity index (χ1) is 11.9. The first-order valence-corrected chi connectivity index (χ1v) is 9.57. The number of hydrogen-bond acceptors (Lipinski definition) is 3. The largest absolute Gasteiger partial charge is 0.312 e. The molecule has 0 aliphatic carbocycles. The summed E-state index contributed by atoms with van der Waals surface area (Å²) in [5.74, 6) is -0.680. The maximum absolute atomic E-state index is 13.7. The Morgan fingerprint density at radius 1 is 1.16 bits per heavy atom. The summed E-state index contributed by atoms with van der Waals surface area (Å²) in [5, 5.41) is 0. The Labute approximate surface area is 146 Å². The van der Waals surface area contributed by atoms with Crippen molar-refractivity contribution in [3.05, 3.63) is 59.4 Å². The topological polar surface area (TPSA) is 66.5 Å². The van der Waals surface area contributed by atoms with Gasteiger partial charge in [0, 0.05) is 25.2 Å². The molecule has 3 rings (SSSR count). The van der Waals surface area contributed by atoms with E-state index in [1.165, 1.54) is 18.2 Å². The minimum absolute atomic E-state index is 0.0595. The second-order valence-corrected chi connectivity index (χ2v) is 7.59. The lowest BCUT2D eigenvalue weighted by atomic mass is 9.99. The summed E-state index contributed by atoms with van der Waals surface area (Å²) in [5.41, 5.74) is 2.66. The third kappa shape index (κ3) is 3.57. The van der Waals surface area contributed by atoms with Crippen molar-refractivity contribution < 1.29 is 17.6 Å². The number of hydrogen-bond donors (Lipinski definition) is 1. The Balaban J connectivity index is 1.79. The van der Waals surface area contributed by atoms with Crippen LogP contribution in [0.2, 0.25) is 0 Å². The van der Waals surface area contributed by atoms with Gasteiger partial charge in [0.2, 0.25) is 15.9 Å². The Kier molecular flexibility index (Phi) is 4.87. The molecule has 2 aromatic carbocycles. The van der Waals surface area contributed by atoms with Gasteiger partial charge in [-0.05, 0) is 42.7 Å². The zero-order valence-corrected chi connectivity index (χ0v) is 14.6. The predicted molar refractivity (Wildman–Crippen MR) is 93.2 cm³/mol. The van der Waals surface area contributed by atoms with E-state index in [9.17, 15) is 17.6 Å². The molecule has 0 saturated carbocycles. The van der Waals surface area contributed by atoms with Gasteiger partial charge in [0.05, 0.1) is 0 Å². The zero-order valence-electron chi connectivity index (χ0n) is 13.8. The number of nitrogens with one attached hydrogen (secondary N) is 1. The molecule has 1 aliphatic heterocycles. The molecule has 132 valence electrons. The predicted octanol–water partition coefficient (Wildman–Crippen LogP) is 2.60. The fourth-order valence-electron chi connectivity index (χ4n) is 2.99. The van der Waals surface area contributed by atoms with Crippen LogP contribution in [0, 0.1) is 5.82 Å². The van der Waals surface area contributed by atoms with Crippen LogP contribution in [0.15, 0.2) is 47.4 Å². The lowest BCUT2D eigenvalue weighted by Gasteiger charge is -2.28. The number of anilines is 1. The molecular weight excluding hydrogens is 343 g/mol. The molecule has 7 heteroatoms. The molecule has 0 atom stereocenters. The molecule has 1 heterocycles. The highest BCUT2D eigenvalue weighted by Crippen LogP contribution is 2.28. The molecule has 1 N–H and O–H groups in total. The minimum atomic E-state index is -3.92. The molecule has 0 aromatic heterocycles. The first-order valence-electron chi connectivity index (χ1n) is 8.08. The van der Waals surface area contributed by atoms with Gasteiger partial charge in [0.1, 0.15) is 10.7 Å². The van der Waals surface area contributed by atoms with Gasteiger partial charge in [-0.3, -0.25) is 4.79 Å². The van der Waals surface area contributed by atoms with E-state index in [1.54, 1.807) is 11.0 Å². The fraction of sp³-hybridized carbons (Fsp3) is 0.278. The van der Waals surface area contributed by atoms with Gasteiger partial charge in [0.15, 0.2) is 0 Å². The van der Waals surface area contributed by atoms with E-state index in [4.69, 9.17) is 0 Å². The lowest BCUT2D eigenvalue weighted by Crippen LogP contribution is -2.34. The van der Waals surface area contributed by atoms with Gasteiger partial charge in [-0.25, -0.2) is 17.5 Å². The molecule has 1 amide bonds. The molecule has 5 nitrogen and oxygen atoms in total. The molecule has 0 radical (unpaired) electrons. The van der Waals surface area contributed by atoms with Gasteiger partial charge in [-0.15, -0.1) is 0 Å². The van der Waals surface area contributed by atoms with Gasteiger partial charge in [0.25, 0.3) is 0 Å². The number of carbonyl (C=O) groups is 1. The Morgan fingerprint density at radius 2 is 1.92 bits per heavy atom. The molecule has 1 aliphatic rings. The van der Waals surface area contributed by atoms with Crippen LogP contribution in [0.5, 0.6) is 0 Å². The molecular formula is C18H19FN2O3S. The second-order valence-electron chi connectivity index (χ2n) is 5.86. The lowest BCUT2D eigenvalue weighted by molar-refractivity contribution is -0.118. The van der Waals surface area contributed by atoms with E-state index in [2.05, 4.69) is 4.72 Å². The summed E-state index contributed by atoms with van der Waals surface area (Å²) >= 11 is 0. The van der Waals surface area contributed by atoms with Crippen LogP contribution in [0.25, 0.3) is 0 Å². The number of rotatable bonds is 5. The standard InChI is InChI=1S/C18H19FN2O3S/c1-2-21-16-9-7-13(11-14(16)8-10-18(21)22)12-20-25(23,24)17-6-4-3-5-15(17)19/h3-7,9,11,20H,2,8,10,12H2,1H3. The van der Waals surface area contributed by atoms with Crippen LogP contribution >= 0.6 is 0 Å². The number of halogens is 1. The smallest absolute Gasteiger partial charge is 0.243 e. The molecule has 0 spiro atoms. The van der Waals surface area contributed by atoms with Crippen LogP contribution < -0.4 is 9.62 Å². The summed E-state index contributed by atoms with van der Waals surface area (Å²) in [6, 6.07) is 10.8. The van der Waals surface area contributed by atoms with E-state index >= 15 is 0 Å². The maximum atomic E-state index is 13.7. The van der Waals surface area contributed by atoms with Crippen molar-refractivity contribution in [2.45, 2.75) is 31.2 Å². The number of aryl methyl sites for hydroxylation is 1. The van der Waals surface area contributed by atoms with Crippen molar-refractivity contribution in [3.8, 4) is 0 Å². The highest BCUT2D eigenvalue weighted by Gasteiger charge is 2.23. The fourth-order valence-corrected chi connectivity index (χ4v) is 4.08. The normalized spacial score (nSPS) is 14.5. The van der Waals surface area contributed by atoms with E-state index in [-0.39, 0.29) is 17.3 Å². The monoisotopic (exact) mass is 362 g/mol. The molecule has 25 heavy (non-hydrogen) atoms. The van der Waals surface area contributed by atoms with Crippen LogP contribution in [0.1, 0.15) is 24.5 Å². The zero-order chi connectivity index (χ0) is 18.0. The number of fused-ring (bicyclic) bond motifs is 1. The minimum Gasteiger partial charge on any atom is -0.312 e. The molecule has 0 unspecified atom stereocenters. The van der Waals surface area contributed by atoms with Crippen molar-refractivity contribution in [1.29, 1.82) is 0 Å². The van der Waals surface area contributed by atoms with E-state index in [0.29, 0.717) is 19.4 Å². The van der Waals surface area contributed by atoms with Gasteiger partial charge >= 0.3 is 0 Å². The van der Waals surface area contributed by atoms with Crippen molar-refractivity contribution >= 4 is 21.6 Å². The molecule has 2 aromatic rings. The summed E-state index contributed by atoms with van der Waals surface area (Å²) < 4.78 is 40.6. The van der Waals surface area contributed by atoms with Crippen LogP contribution in [0.3, 0.4) is 0 Å². The van der Waals surface area contributed by atoms with Crippen molar-refractivity contribution in [1.82, 2.24) is 4.72 Å². The van der Waals surface area contributed by atoms with Crippen molar-refractivity contribution in [3.63, 3.8) is 0 Å². The molecule has 0 bridgehead atoms. The van der Waals surface area contributed by atoms with Gasteiger partial charge in [-0.2, -0.15) is 0 Å². The van der Waals surface area contributed by atoms with E-state index in [0.717, 1.165) is 22.9 Å². The van der Waals surface area contributed by atoms with Crippen LogP contribution in [-0.2, 0) is 27.8 Å². The summed E-state index contributed by atoms with van der Waals surface area (Å²) in [6.07, 6.45) is 1.09. The molecule has 0 fully saturated rings. The summed E-state index contributed by atoms with van der Waals surface area (Å²) in [6.45, 7) is 2.58. The quantitative estimate of drug-likeness (QED) is 0.889. The summed E-state index contributed by atoms with van der Waals surface area (Å²) in [4.78, 5) is 13.3. The highest BCUT2D eigenvalue weighted by atomic mass is 32.2. The van der Waals surface area contributed by atoms with Crippen LogP contribution in [-0.4, -0.2) is 20.9 Å². The SMILES string of the molecule is CCN1C(=O)CCc2cc(CNS(=O)(=O)c3ccccc3F)ccc21. The number of sulfonamides is 1. The van der Waals surface area contributed by atoms with E-state index < -0.39 is 15.8 Å². The van der Waals surface area contributed by atoms with E-state index in [1.807, 2.05) is 19.1 Å². The Hall–Kier alpha value is -2.25. The number of nitrogens with zero attached hydrogens (tertiary/aromatic N) is 1. The second kappa shape index (κ2) is 6.93. The number of benzene rings is 2. The van der Waals surface area contributed by atoms with Gasteiger partial charge in [-0.1, -0.05) is 24.3 Å². The molecule has 0 saturated heterocycles. The van der Waals surface area contributed by atoms with Gasteiger partial charge < -0.3 is 4.90 Å². The average Bonchev–Trinajstić information content (AvgIpc) is 2.60. The number of carbonyl (C=O) groups excluding carboxylic acids is 1. The van der Waals surface area contributed by atoms with Crippen LogP contribution in [0.4, 0.5) is 10.1 Å². The van der Waals surface area contributed by atoms with Crippen molar-refractivity contribution in [2.24, 2.45) is 0 Å². The average molecular weight is 362 g/mol. The number of amides is 1. The Bertz CT molecular complexity index is 912. The maximum Gasteiger partial charge on any atom is 0.243 e. The first kappa shape index (κ1) is 17.6. The highest BCUT2D eigenvalue weighted by molar-refractivity contribution is 7.89. The third-order valence-electron chi connectivity index (χ3n) is 4.25. The Morgan fingerprint density at radius 3 is 2.64 bits per heavy atom. The van der Waals surface area contributed by atoms with Crippen molar-refractivity contribution in [2.75, 3.05) is 11.4 Å². The summed E-state index contributed by atoms with van der Waals surface area (Å²) in [7, 11) is -3.92.